The summed E-state index contributed by atoms with van der Waals surface area (Å²) in [4.78, 5) is 12.2. The van der Waals surface area contributed by atoms with Gasteiger partial charge in [-0.2, -0.15) is 0 Å². The maximum Gasteiger partial charge on any atom is 0.150 e. The van der Waals surface area contributed by atoms with Crippen molar-refractivity contribution in [1.82, 2.24) is 0 Å². The predicted octanol–water partition coefficient (Wildman–Crippen LogP) is 4.43. The molecule has 5 heteroatoms. The molecule has 0 heterocycles. The largest absolute Gasteiger partial charge is 0.298 e. The van der Waals surface area contributed by atoms with Crippen molar-refractivity contribution in [1.29, 1.82) is 0 Å². The lowest BCUT2D eigenvalue weighted by molar-refractivity contribution is -0.123. The number of ketones is 1. The number of carbonyl (C=O) groups excluding carboxylic acids is 1. The number of hydrogen-bond donors (Lipinski definition) is 0. The van der Waals surface area contributed by atoms with Gasteiger partial charge in [-0.05, 0) is 26.2 Å². The van der Waals surface area contributed by atoms with Crippen molar-refractivity contribution in [2.45, 2.75) is 40.2 Å². The van der Waals surface area contributed by atoms with E-state index in [9.17, 15) is 4.79 Å². The number of alkyl halides is 4. The standard InChI is InChI=1S/C10H14Br4O/c1-9(13,5-11)6-3-7(12)10(2,14)8(15)4-6/h6-7H,3-5H2,1-2H3/t6-,7-,9-,10+/m1/s1. The number of halogens is 4. The molecule has 0 aromatic heterocycles. The van der Waals surface area contributed by atoms with E-state index in [1.165, 1.54) is 0 Å². The molecule has 1 rings (SSSR count). The molecule has 4 atom stereocenters. The van der Waals surface area contributed by atoms with Crippen LogP contribution in [0.2, 0.25) is 0 Å². The van der Waals surface area contributed by atoms with E-state index >= 15 is 0 Å². The van der Waals surface area contributed by atoms with E-state index in [1.54, 1.807) is 0 Å². The minimum atomic E-state index is -0.404. The molecule has 1 fully saturated rings. The fourth-order valence-corrected chi connectivity index (χ4v) is 3.58. The quantitative estimate of drug-likeness (QED) is 0.547. The summed E-state index contributed by atoms with van der Waals surface area (Å²) in [7, 11) is 0. The highest BCUT2D eigenvalue weighted by Gasteiger charge is 2.47. The van der Waals surface area contributed by atoms with Crippen LogP contribution in [-0.2, 0) is 4.79 Å². The van der Waals surface area contributed by atoms with E-state index in [-0.39, 0.29) is 14.9 Å². The molecule has 0 spiro atoms. The average molecular weight is 470 g/mol. The molecule has 1 nitrogen and oxygen atoms in total. The molecule has 0 bridgehead atoms. The Morgan fingerprint density at radius 2 is 2.13 bits per heavy atom. The third-order valence-electron chi connectivity index (χ3n) is 3.17. The molecule has 15 heavy (non-hydrogen) atoms. The topological polar surface area (TPSA) is 17.1 Å². The Kier molecular flexibility index (Phi) is 4.95. The first-order valence-electron chi connectivity index (χ1n) is 4.83. The summed E-state index contributed by atoms with van der Waals surface area (Å²) in [5.74, 6) is 0.659. The average Bonchev–Trinajstić information content (AvgIpc) is 2.14. The highest BCUT2D eigenvalue weighted by molar-refractivity contribution is 9.13. The molecule has 1 saturated carbocycles. The van der Waals surface area contributed by atoms with Crippen molar-refractivity contribution in [2.24, 2.45) is 5.92 Å². The van der Waals surface area contributed by atoms with E-state index in [4.69, 9.17) is 0 Å². The second-order valence-electron chi connectivity index (χ2n) is 4.51. The number of Topliss-reactive ketones (excluding diaryl/α,β-unsaturated/α-hetero) is 1. The van der Waals surface area contributed by atoms with Crippen LogP contribution in [0.5, 0.6) is 0 Å². The normalized spacial score (nSPS) is 41.3. The van der Waals surface area contributed by atoms with Crippen LogP contribution in [0.1, 0.15) is 26.7 Å². The van der Waals surface area contributed by atoms with Gasteiger partial charge in [-0.15, -0.1) is 0 Å². The first kappa shape index (κ1) is 14.7. The third-order valence-corrected chi connectivity index (χ3v) is 8.91. The summed E-state index contributed by atoms with van der Waals surface area (Å²) in [5, 5.41) is 0.858. The van der Waals surface area contributed by atoms with Gasteiger partial charge in [-0.3, -0.25) is 4.79 Å². The lowest BCUT2D eigenvalue weighted by atomic mass is 9.76. The Bertz CT molecular complexity index is 262. The van der Waals surface area contributed by atoms with Crippen LogP contribution < -0.4 is 0 Å². The highest BCUT2D eigenvalue weighted by Crippen LogP contribution is 2.46. The van der Waals surface area contributed by atoms with Gasteiger partial charge in [0, 0.05) is 20.9 Å². The Morgan fingerprint density at radius 1 is 1.60 bits per heavy atom. The monoisotopic (exact) mass is 466 g/mol. The molecule has 0 saturated heterocycles. The van der Waals surface area contributed by atoms with Crippen molar-refractivity contribution in [2.75, 3.05) is 5.33 Å². The molecule has 1 aliphatic rings. The smallest absolute Gasteiger partial charge is 0.150 e. The predicted molar refractivity (Wildman–Crippen MR) is 78.9 cm³/mol. The first-order chi connectivity index (χ1) is 6.71. The Hall–Kier alpha value is 1.59. The van der Waals surface area contributed by atoms with Gasteiger partial charge in [0.1, 0.15) is 0 Å². The van der Waals surface area contributed by atoms with Crippen LogP contribution in [-0.4, -0.2) is 24.6 Å². The zero-order valence-electron chi connectivity index (χ0n) is 8.70. The summed E-state index contributed by atoms with van der Waals surface area (Å²) >= 11 is 14.3. The van der Waals surface area contributed by atoms with Crippen LogP contribution in [0.25, 0.3) is 0 Å². The van der Waals surface area contributed by atoms with Gasteiger partial charge in [0.15, 0.2) is 5.78 Å². The minimum Gasteiger partial charge on any atom is -0.298 e. The molecule has 0 N–H and O–H groups in total. The molecule has 0 unspecified atom stereocenters. The molecular weight excluding hydrogens is 456 g/mol. The molecule has 1 aliphatic carbocycles. The van der Waals surface area contributed by atoms with Gasteiger partial charge >= 0.3 is 0 Å². The van der Waals surface area contributed by atoms with Crippen LogP contribution in [0.4, 0.5) is 0 Å². The summed E-state index contributed by atoms with van der Waals surface area (Å²) in [5.41, 5.74) is 0. The third kappa shape index (κ3) is 3.08. The molecule has 0 amide bonds. The van der Waals surface area contributed by atoms with Crippen LogP contribution in [0.15, 0.2) is 0 Å². The summed E-state index contributed by atoms with van der Waals surface area (Å²) < 4.78 is -0.406. The summed E-state index contributed by atoms with van der Waals surface area (Å²) in [6.07, 6.45) is 1.64. The van der Waals surface area contributed by atoms with Crippen molar-refractivity contribution >= 4 is 69.5 Å². The zero-order valence-corrected chi connectivity index (χ0v) is 15.0. The van der Waals surface area contributed by atoms with Crippen molar-refractivity contribution < 1.29 is 4.79 Å². The van der Waals surface area contributed by atoms with Crippen LogP contribution in [0, 0.1) is 5.92 Å². The number of carbonyl (C=O) groups is 1. The molecule has 0 aromatic rings. The first-order valence-corrected chi connectivity index (χ1v) is 8.45. The van der Waals surface area contributed by atoms with Crippen molar-refractivity contribution in [3.8, 4) is 0 Å². The van der Waals surface area contributed by atoms with E-state index in [0.717, 1.165) is 11.8 Å². The molecule has 88 valence electrons. The molecule has 0 aromatic carbocycles. The summed E-state index contributed by atoms with van der Waals surface area (Å²) in [6, 6.07) is 0. The molecule has 0 radical (unpaired) electrons. The lowest BCUT2D eigenvalue weighted by Crippen LogP contribution is -2.48. The lowest BCUT2D eigenvalue weighted by Gasteiger charge is -2.41. The van der Waals surface area contributed by atoms with Crippen molar-refractivity contribution in [3.63, 3.8) is 0 Å². The van der Waals surface area contributed by atoms with Crippen molar-refractivity contribution in [3.05, 3.63) is 0 Å². The number of hydrogen-bond acceptors (Lipinski definition) is 1. The van der Waals surface area contributed by atoms with E-state index in [1.807, 2.05) is 6.92 Å². The van der Waals surface area contributed by atoms with Gasteiger partial charge < -0.3 is 0 Å². The fraction of sp³-hybridized carbons (Fsp3) is 0.900. The van der Waals surface area contributed by atoms with Gasteiger partial charge in [-0.1, -0.05) is 63.7 Å². The van der Waals surface area contributed by atoms with E-state index in [2.05, 4.69) is 70.6 Å². The maximum absolute atomic E-state index is 12.0. The second kappa shape index (κ2) is 5.07. The second-order valence-corrected chi connectivity index (χ2v) is 9.64. The highest BCUT2D eigenvalue weighted by atomic mass is 79.9. The van der Waals surface area contributed by atoms with Gasteiger partial charge in [-0.25, -0.2) is 0 Å². The molecular formula is C10H14Br4O. The summed E-state index contributed by atoms with van der Waals surface area (Å²) in [6.45, 7) is 4.08. The fourth-order valence-electron chi connectivity index (χ4n) is 1.72. The van der Waals surface area contributed by atoms with Gasteiger partial charge in [0.2, 0.25) is 0 Å². The van der Waals surface area contributed by atoms with Crippen LogP contribution >= 0.6 is 63.7 Å². The minimum absolute atomic E-state index is 0.00181. The van der Waals surface area contributed by atoms with E-state index in [0.29, 0.717) is 12.3 Å². The van der Waals surface area contributed by atoms with E-state index < -0.39 is 4.32 Å². The maximum atomic E-state index is 12.0. The zero-order chi connectivity index (χ0) is 11.9. The molecule has 0 aliphatic heterocycles. The Labute approximate surface area is 125 Å². The SMILES string of the molecule is C[C@@](Br)(CBr)[C@H]1CC(=O)[C@@](C)(Br)[C@H](Br)C1. The number of rotatable bonds is 2. The van der Waals surface area contributed by atoms with Crippen LogP contribution in [0.3, 0.4) is 0 Å². The van der Waals surface area contributed by atoms with Gasteiger partial charge in [0.25, 0.3) is 0 Å². The van der Waals surface area contributed by atoms with Gasteiger partial charge in [0.05, 0.1) is 4.32 Å². The Balaban J connectivity index is 2.82. The Morgan fingerprint density at radius 3 is 2.53 bits per heavy atom.